The minimum absolute atomic E-state index is 0.153. The van der Waals surface area contributed by atoms with Crippen molar-refractivity contribution in [2.75, 3.05) is 20.2 Å². The topological polar surface area (TPSA) is 151 Å². The molecule has 228 valence electrons. The van der Waals surface area contributed by atoms with Crippen LogP contribution in [0.5, 0.6) is 0 Å². The smallest absolute Gasteiger partial charge is 0.223 e. The molecule has 3 saturated carbocycles. The number of aliphatic hydroxyl groups excluding tert-OH is 2. The molecular formula is C29H45ClN6O5. The summed E-state index contributed by atoms with van der Waals surface area (Å²) in [6.45, 7) is 2.56. The molecular weight excluding hydrogens is 548 g/mol. The van der Waals surface area contributed by atoms with E-state index in [-0.39, 0.29) is 60.6 Å². The maximum Gasteiger partial charge on any atom is 0.223 e. The zero-order valence-corrected chi connectivity index (χ0v) is 24.9. The highest BCUT2D eigenvalue weighted by Crippen LogP contribution is 2.45. The Morgan fingerprint density at radius 3 is 2.46 bits per heavy atom. The standard InChI is InChI=1S/C29H45ClN6O5/c1-16-34-35-28-22(15-26(39)31-11-12-32-29(40)18-5-10-24(37)25(38)13-18)33-27(17-3-6-19(30)7-4-17)21-14-20(41-2)8-9-23(21)36(16)28/h17-25,37-38H,3-15H2,1-2H3,(H,31,39)(H,32,40)/t17?,18?,19?,20?,21?,22-,23?,24?,25?/m0/s1. The van der Waals surface area contributed by atoms with Gasteiger partial charge in [-0.3, -0.25) is 14.6 Å². The SMILES string of the molecule is COC1CCC2C(C1)C(C1CCC(Cl)CC1)=N[C@@H](CC(=O)NCCNC(=O)C1CCC(O)C(O)C1)c1nnc(C)n12. The number of carbonyl (C=O) groups excluding carboxylic acids is 2. The Balaban J connectivity index is 1.26. The Labute approximate surface area is 246 Å². The van der Waals surface area contributed by atoms with Crippen molar-refractivity contribution < 1.29 is 24.5 Å². The van der Waals surface area contributed by atoms with E-state index in [1.165, 1.54) is 5.71 Å². The summed E-state index contributed by atoms with van der Waals surface area (Å²) in [5.41, 5.74) is 1.19. The minimum atomic E-state index is -0.871. The summed E-state index contributed by atoms with van der Waals surface area (Å²) < 4.78 is 8.04. The van der Waals surface area contributed by atoms with Crippen LogP contribution in [0.15, 0.2) is 4.99 Å². The Morgan fingerprint density at radius 2 is 1.73 bits per heavy atom. The number of ether oxygens (including phenoxy) is 1. The number of aromatic nitrogens is 3. The molecule has 1 aliphatic heterocycles. The van der Waals surface area contributed by atoms with Crippen molar-refractivity contribution in [3.63, 3.8) is 0 Å². The van der Waals surface area contributed by atoms with Gasteiger partial charge in [0.1, 0.15) is 11.9 Å². The Bertz CT molecular complexity index is 1110. The molecule has 0 bridgehead atoms. The first-order valence-corrected chi connectivity index (χ1v) is 15.7. The third-order valence-electron chi connectivity index (χ3n) is 9.66. The number of aliphatic imine (C=N–C) groups is 1. The molecule has 41 heavy (non-hydrogen) atoms. The summed E-state index contributed by atoms with van der Waals surface area (Å²) >= 11 is 6.46. The monoisotopic (exact) mass is 592 g/mol. The fourth-order valence-corrected chi connectivity index (χ4v) is 7.61. The van der Waals surface area contributed by atoms with E-state index in [2.05, 4.69) is 25.4 Å². The van der Waals surface area contributed by atoms with Crippen LogP contribution in [0.25, 0.3) is 0 Å². The van der Waals surface area contributed by atoms with Crippen molar-refractivity contribution >= 4 is 29.1 Å². The van der Waals surface area contributed by atoms with E-state index >= 15 is 0 Å². The lowest BCUT2D eigenvalue weighted by atomic mass is 9.72. The Morgan fingerprint density at radius 1 is 0.976 bits per heavy atom. The Hall–Kier alpha value is -2.08. The third-order valence-corrected chi connectivity index (χ3v) is 10.1. The summed E-state index contributed by atoms with van der Waals surface area (Å²) in [4.78, 5) is 31.0. The van der Waals surface area contributed by atoms with Gasteiger partial charge in [-0.2, -0.15) is 0 Å². The number of hydrogen-bond acceptors (Lipinski definition) is 8. The van der Waals surface area contributed by atoms with Crippen LogP contribution in [0.3, 0.4) is 0 Å². The maximum absolute atomic E-state index is 13.2. The molecule has 2 amide bonds. The van der Waals surface area contributed by atoms with Gasteiger partial charge in [-0.05, 0) is 77.0 Å². The van der Waals surface area contributed by atoms with Crippen LogP contribution in [0.1, 0.15) is 94.4 Å². The molecule has 1 aromatic heterocycles. The van der Waals surface area contributed by atoms with Gasteiger partial charge >= 0.3 is 0 Å². The number of rotatable bonds is 8. The number of aliphatic hydroxyl groups is 2. The molecule has 3 aliphatic carbocycles. The average molecular weight is 593 g/mol. The number of nitrogens with one attached hydrogen (secondary N) is 2. The lowest BCUT2D eigenvalue weighted by molar-refractivity contribution is -0.129. The van der Waals surface area contributed by atoms with Gasteiger partial charge in [0.15, 0.2) is 5.82 Å². The highest BCUT2D eigenvalue weighted by atomic mass is 35.5. The van der Waals surface area contributed by atoms with E-state index < -0.39 is 18.2 Å². The lowest BCUT2D eigenvalue weighted by Crippen LogP contribution is -2.42. The largest absolute Gasteiger partial charge is 0.390 e. The fraction of sp³-hybridized carbons (Fsp3) is 0.828. The molecule has 0 aromatic carbocycles. The zero-order valence-electron chi connectivity index (χ0n) is 24.2. The molecule has 5 rings (SSSR count). The second kappa shape index (κ2) is 13.5. The predicted molar refractivity (Wildman–Crippen MR) is 154 cm³/mol. The van der Waals surface area contributed by atoms with Gasteiger partial charge < -0.3 is 30.2 Å². The molecule has 3 fully saturated rings. The number of halogens is 1. The molecule has 4 N–H and O–H groups in total. The molecule has 2 heterocycles. The number of alkyl halides is 1. The minimum Gasteiger partial charge on any atom is -0.390 e. The number of fused-ring (bicyclic) bond motifs is 3. The van der Waals surface area contributed by atoms with Gasteiger partial charge in [-0.25, -0.2) is 0 Å². The van der Waals surface area contributed by atoms with Crippen molar-refractivity contribution in [1.29, 1.82) is 0 Å². The van der Waals surface area contributed by atoms with Crippen LogP contribution in [0, 0.1) is 24.7 Å². The van der Waals surface area contributed by atoms with Crippen molar-refractivity contribution in [1.82, 2.24) is 25.4 Å². The number of carbonyl (C=O) groups is 2. The summed E-state index contributed by atoms with van der Waals surface area (Å²) in [7, 11) is 1.78. The van der Waals surface area contributed by atoms with Crippen molar-refractivity contribution in [3.05, 3.63) is 11.6 Å². The molecule has 0 spiro atoms. The van der Waals surface area contributed by atoms with Crippen LogP contribution in [0.2, 0.25) is 0 Å². The van der Waals surface area contributed by atoms with E-state index in [1.807, 2.05) is 6.92 Å². The van der Waals surface area contributed by atoms with Crippen LogP contribution >= 0.6 is 11.6 Å². The first-order valence-electron chi connectivity index (χ1n) is 15.3. The molecule has 7 atom stereocenters. The molecule has 6 unspecified atom stereocenters. The summed E-state index contributed by atoms with van der Waals surface area (Å²) in [5, 5.41) is 34.5. The van der Waals surface area contributed by atoms with E-state index in [4.69, 9.17) is 21.3 Å². The van der Waals surface area contributed by atoms with Crippen molar-refractivity contribution in [2.24, 2.45) is 22.7 Å². The number of hydrogen-bond donors (Lipinski definition) is 4. The van der Waals surface area contributed by atoms with Gasteiger partial charge in [0, 0.05) is 49.2 Å². The second-order valence-corrected chi connectivity index (χ2v) is 12.9. The highest BCUT2D eigenvalue weighted by molar-refractivity contribution is 6.20. The highest BCUT2D eigenvalue weighted by Gasteiger charge is 2.43. The van der Waals surface area contributed by atoms with E-state index in [1.54, 1.807) is 7.11 Å². The quantitative estimate of drug-likeness (QED) is 0.267. The molecule has 11 nitrogen and oxygen atoms in total. The fourth-order valence-electron chi connectivity index (χ4n) is 7.36. The predicted octanol–water partition coefficient (Wildman–Crippen LogP) is 2.38. The normalized spacial score (nSPS) is 35.4. The molecule has 0 radical (unpaired) electrons. The first kappa shape index (κ1) is 30.4. The first-order chi connectivity index (χ1) is 19.7. The number of nitrogens with zero attached hydrogens (tertiary/aromatic N) is 4. The van der Waals surface area contributed by atoms with E-state index in [0.29, 0.717) is 25.3 Å². The van der Waals surface area contributed by atoms with Crippen LogP contribution in [0.4, 0.5) is 0 Å². The van der Waals surface area contributed by atoms with Gasteiger partial charge in [0.2, 0.25) is 11.8 Å². The number of aryl methyl sites for hydroxylation is 1. The summed E-state index contributed by atoms with van der Waals surface area (Å²) in [6.07, 6.45) is 6.66. The van der Waals surface area contributed by atoms with Crippen molar-refractivity contribution in [3.8, 4) is 0 Å². The van der Waals surface area contributed by atoms with Gasteiger partial charge in [-0.15, -0.1) is 21.8 Å². The molecule has 4 aliphatic rings. The van der Waals surface area contributed by atoms with Gasteiger partial charge in [0.25, 0.3) is 0 Å². The summed E-state index contributed by atoms with van der Waals surface area (Å²) in [5.74, 6) is 1.51. The van der Waals surface area contributed by atoms with Crippen molar-refractivity contribution in [2.45, 2.75) is 113 Å². The van der Waals surface area contributed by atoms with Gasteiger partial charge in [0.05, 0.1) is 24.7 Å². The van der Waals surface area contributed by atoms with Gasteiger partial charge in [-0.1, -0.05) is 0 Å². The molecule has 0 saturated heterocycles. The lowest BCUT2D eigenvalue weighted by Gasteiger charge is -2.39. The summed E-state index contributed by atoms with van der Waals surface area (Å²) in [6, 6.07) is -0.238. The van der Waals surface area contributed by atoms with Crippen LogP contribution < -0.4 is 10.6 Å². The zero-order chi connectivity index (χ0) is 29.1. The number of methoxy groups -OCH3 is 1. The Kier molecular flexibility index (Phi) is 9.99. The second-order valence-electron chi connectivity index (χ2n) is 12.3. The average Bonchev–Trinajstić information content (AvgIpc) is 3.29. The maximum atomic E-state index is 13.2. The molecule has 1 aromatic rings. The van der Waals surface area contributed by atoms with E-state index in [9.17, 15) is 19.8 Å². The third kappa shape index (κ3) is 6.95. The van der Waals surface area contributed by atoms with E-state index in [0.717, 1.165) is 56.6 Å². The number of amides is 2. The molecule has 12 heteroatoms. The van der Waals surface area contributed by atoms with Crippen LogP contribution in [-0.2, 0) is 14.3 Å². The van der Waals surface area contributed by atoms with Crippen LogP contribution in [-0.4, -0.2) is 86.4 Å².